The first kappa shape index (κ1) is 13.8. The molecular formula is C14H19N3OS. The van der Waals surface area contributed by atoms with E-state index in [0.29, 0.717) is 10.6 Å². The van der Waals surface area contributed by atoms with Crippen LogP contribution in [0.3, 0.4) is 0 Å². The van der Waals surface area contributed by atoms with Crippen LogP contribution in [0.4, 0.5) is 5.69 Å². The molecule has 2 N–H and O–H groups in total. The molecule has 2 aromatic rings. The summed E-state index contributed by atoms with van der Waals surface area (Å²) in [7, 11) is 1.81. The summed E-state index contributed by atoms with van der Waals surface area (Å²) in [6.07, 6.45) is 0.934. The molecule has 0 aliphatic rings. The van der Waals surface area contributed by atoms with Crippen molar-refractivity contribution in [1.82, 2.24) is 9.88 Å². The molecule has 102 valence electrons. The van der Waals surface area contributed by atoms with Crippen molar-refractivity contribution in [2.75, 3.05) is 19.3 Å². The number of rotatable bonds is 3. The van der Waals surface area contributed by atoms with E-state index in [1.165, 1.54) is 11.3 Å². The van der Waals surface area contributed by atoms with Crippen LogP contribution in [0, 0.1) is 13.8 Å². The quantitative estimate of drug-likeness (QED) is 0.938. The lowest BCUT2D eigenvalue weighted by Crippen LogP contribution is -2.27. The zero-order chi connectivity index (χ0) is 14.2. The molecule has 19 heavy (non-hydrogen) atoms. The van der Waals surface area contributed by atoms with Crippen LogP contribution in [-0.4, -0.2) is 29.4 Å². The molecule has 0 aliphatic carbocycles. The van der Waals surface area contributed by atoms with Crippen molar-refractivity contribution in [2.24, 2.45) is 0 Å². The van der Waals surface area contributed by atoms with Gasteiger partial charge < -0.3 is 10.6 Å². The lowest BCUT2D eigenvalue weighted by atomic mass is 10.1. The second-order valence-electron chi connectivity index (χ2n) is 4.83. The van der Waals surface area contributed by atoms with Crippen LogP contribution >= 0.6 is 11.3 Å². The van der Waals surface area contributed by atoms with Gasteiger partial charge in [-0.25, -0.2) is 4.98 Å². The van der Waals surface area contributed by atoms with Crippen LogP contribution in [0.1, 0.15) is 34.3 Å². The van der Waals surface area contributed by atoms with Gasteiger partial charge in [0.05, 0.1) is 5.69 Å². The van der Waals surface area contributed by atoms with E-state index in [0.717, 1.165) is 34.4 Å². The third-order valence-electron chi connectivity index (χ3n) is 3.12. The number of nitrogens with zero attached hydrogens (tertiary/aromatic N) is 2. The van der Waals surface area contributed by atoms with E-state index in [-0.39, 0.29) is 5.91 Å². The van der Waals surface area contributed by atoms with Gasteiger partial charge in [0.1, 0.15) is 9.71 Å². The van der Waals surface area contributed by atoms with Gasteiger partial charge in [-0.3, -0.25) is 4.79 Å². The number of hydrogen-bond donors (Lipinski definition) is 1. The third-order valence-corrected chi connectivity index (χ3v) is 4.21. The highest BCUT2D eigenvalue weighted by Gasteiger charge is 2.21. The number of fused-ring (bicyclic) bond motifs is 1. The Bertz CT molecular complexity index is 633. The minimum atomic E-state index is -0.0144. The van der Waals surface area contributed by atoms with Crippen molar-refractivity contribution >= 4 is 33.1 Å². The van der Waals surface area contributed by atoms with Crippen molar-refractivity contribution in [1.29, 1.82) is 0 Å². The molecular weight excluding hydrogens is 258 g/mol. The molecule has 2 aromatic heterocycles. The fourth-order valence-corrected chi connectivity index (χ4v) is 3.45. The highest BCUT2D eigenvalue weighted by atomic mass is 32.1. The Balaban J connectivity index is 2.54. The van der Waals surface area contributed by atoms with E-state index < -0.39 is 0 Å². The molecule has 0 spiro atoms. The van der Waals surface area contributed by atoms with Crippen molar-refractivity contribution in [3.05, 3.63) is 22.2 Å². The molecule has 0 saturated carbocycles. The second kappa shape index (κ2) is 5.17. The fraction of sp³-hybridized carbons (Fsp3) is 0.429. The Morgan fingerprint density at radius 2 is 2.16 bits per heavy atom. The highest BCUT2D eigenvalue weighted by molar-refractivity contribution is 7.21. The number of aryl methyl sites for hydroxylation is 2. The first-order valence-corrected chi connectivity index (χ1v) is 7.19. The summed E-state index contributed by atoms with van der Waals surface area (Å²) >= 11 is 1.39. The highest BCUT2D eigenvalue weighted by Crippen LogP contribution is 2.35. The summed E-state index contributed by atoms with van der Waals surface area (Å²) < 4.78 is 0. The summed E-state index contributed by atoms with van der Waals surface area (Å²) in [6, 6.07) is 2.00. The molecule has 2 heterocycles. The summed E-state index contributed by atoms with van der Waals surface area (Å²) in [5.74, 6) is -0.0144. The third kappa shape index (κ3) is 2.42. The number of nitrogens with two attached hydrogens (primary N) is 1. The number of carbonyl (C=O) groups excluding carboxylic acids is 1. The average Bonchev–Trinajstić information content (AvgIpc) is 2.65. The Morgan fingerprint density at radius 3 is 2.79 bits per heavy atom. The number of hydrogen-bond acceptors (Lipinski definition) is 4. The standard InChI is InChI=1S/C14H19N3OS/c1-5-6-17(4)14(18)12-11(15)10-8(2)7-9(3)16-13(10)19-12/h7H,5-6,15H2,1-4H3. The molecule has 2 rings (SSSR count). The Labute approximate surface area is 117 Å². The van der Waals surface area contributed by atoms with E-state index >= 15 is 0 Å². The summed E-state index contributed by atoms with van der Waals surface area (Å²) in [6.45, 7) is 6.74. The van der Waals surface area contributed by atoms with E-state index in [1.54, 1.807) is 11.9 Å². The smallest absolute Gasteiger partial charge is 0.265 e. The lowest BCUT2D eigenvalue weighted by molar-refractivity contribution is 0.0801. The SMILES string of the molecule is CCCN(C)C(=O)c1sc2nc(C)cc(C)c2c1N. The van der Waals surface area contributed by atoms with Crippen LogP contribution in [0.5, 0.6) is 0 Å². The first-order valence-electron chi connectivity index (χ1n) is 6.37. The monoisotopic (exact) mass is 277 g/mol. The average molecular weight is 277 g/mol. The minimum absolute atomic E-state index is 0.0144. The van der Waals surface area contributed by atoms with E-state index in [9.17, 15) is 4.79 Å². The van der Waals surface area contributed by atoms with Crippen LogP contribution in [0.25, 0.3) is 10.2 Å². The Hall–Kier alpha value is -1.62. The largest absolute Gasteiger partial charge is 0.397 e. The molecule has 0 saturated heterocycles. The predicted octanol–water partition coefficient (Wildman–Crippen LogP) is 2.98. The van der Waals surface area contributed by atoms with Crippen LogP contribution in [-0.2, 0) is 0 Å². The molecule has 0 radical (unpaired) electrons. The number of amides is 1. The minimum Gasteiger partial charge on any atom is -0.397 e. The Kier molecular flexibility index (Phi) is 3.75. The molecule has 0 unspecified atom stereocenters. The van der Waals surface area contributed by atoms with Gasteiger partial charge in [0.25, 0.3) is 5.91 Å². The summed E-state index contributed by atoms with van der Waals surface area (Å²) in [5.41, 5.74) is 8.74. The molecule has 0 bridgehead atoms. The predicted molar refractivity (Wildman–Crippen MR) is 80.8 cm³/mol. The maximum absolute atomic E-state index is 12.3. The van der Waals surface area contributed by atoms with Crippen LogP contribution < -0.4 is 5.73 Å². The van der Waals surface area contributed by atoms with Gasteiger partial charge in [-0.1, -0.05) is 6.92 Å². The Morgan fingerprint density at radius 1 is 1.47 bits per heavy atom. The molecule has 0 fully saturated rings. The molecule has 0 aromatic carbocycles. The first-order chi connectivity index (χ1) is 8.95. The second-order valence-corrected chi connectivity index (χ2v) is 5.83. The number of aromatic nitrogens is 1. The van der Waals surface area contributed by atoms with Crippen molar-refractivity contribution in [3.63, 3.8) is 0 Å². The topological polar surface area (TPSA) is 59.2 Å². The number of thiophene rings is 1. The number of nitrogen functional groups attached to an aromatic ring is 1. The van der Waals surface area contributed by atoms with Crippen LogP contribution in [0.2, 0.25) is 0 Å². The molecule has 0 aliphatic heterocycles. The molecule has 1 amide bonds. The lowest BCUT2D eigenvalue weighted by Gasteiger charge is -2.15. The number of carbonyl (C=O) groups is 1. The van der Waals surface area contributed by atoms with Gasteiger partial charge in [-0.2, -0.15) is 0 Å². The maximum atomic E-state index is 12.3. The van der Waals surface area contributed by atoms with Gasteiger partial charge in [0, 0.05) is 24.7 Å². The zero-order valence-corrected chi connectivity index (χ0v) is 12.6. The van der Waals surface area contributed by atoms with Gasteiger partial charge in [0.15, 0.2) is 0 Å². The van der Waals surface area contributed by atoms with E-state index in [2.05, 4.69) is 4.98 Å². The normalized spacial score (nSPS) is 10.9. The fourth-order valence-electron chi connectivity index (χ4n) is 2.24. The molecule has 5 heteroatoms. The van der Waals surface area contributed by atoms with E-state index in [1.807, 2.05) is 26.8 Å². The van der Waals surface area contributed by atoms with E-state index in [4.69, 9.17) is 5.73 Å². The van der Waals surface area contributed by atoms with Crippen molar-refractivity contribution in [2.45, 2.75) is 27.2 Å². The summed E-state index contributed by atoms with van der Waals surface area (Å²) in [4.78, 5) is 20.0. The summed E-state index contributed by atoms with van der Waals surface area (Å²) in [5, 5.41) is 0.920. The number of anilines is 1. The number of pyridine rings is 1. The molecule has 4 nitrogen and oxygen atoms in total. The zero-order valence-electron chi connectivity index (χ0n) is 11.8. The van der Waals surface area contributed by atoms with Crippen molar-refractivity contribution < 1.29 is 4.79 Å². The van der Waals surface area contributed by atoms with Gasteiger partial charge in [0.2, 0.25) is 0 Å². The van der Waals surface area contributed by atoms with Crippen molar-refractivity contribution in [3.8, 4) is 0 Å². The van der Waals surface area contributed by atoms with Gasteiger partial charge in [-0.05, 0) is 31.9 Å². The van der Waals surface area contributed by atoms with Gasteiger partial charge in [-0.15, -0.1) is 11.3 Å². The maximum Gasteiger partial charge on any atom is 0.265 e. The van der Waals surface area contributed by atoms with Crippen LogP contribution in [0.15, 0.2) is 6.07 Å². The van der Waals surface area contributed by atoms with Gasteiger partial charge >= 0.3 is 0 Å². The molecule has 0 atom stereocenters.